The second-order valence-electron chi connectivity index (χ2n) is 11.0. The van der Waals surface area contributed by atoms with Crippen LogP contribution in [-0.2, 0) is 4.79 Å². The largest absolute Gasteiger partial charge is 0.477 e. The average Bonchev–Trinajstić information content (AvgIpc) is 3.75. The number of alkyl halides is 3. The molecule has 2 N–H and O–H groups in total. The Hall–Kier alpha value is -3.86. The highest BCUT2D eigenvalue weighted by Crippen LogP contribution is 2.38. The number of dihydropyridines is 1. The molecule has 3 heterocycles. The zero-order valence-corrected chi connectivity index (χ0v) is 23.2. The van der Waals surface area contributed by atoms with Crippen LogP contribution in [-0.4, -0.2) is 60.8 Å². The lowest BCUT2D eigenvalue weighted by atomic mass is 10.0. The minimum Gasteiger partial charge on any atom is -0.477 e. The van der Waals surface area contributed by atoms with E-state index >= 15 is 0 Å². The Bertz CT molecular complexity index is 1400. The molecule has 218 valence electrons. The Morgan fingerprint density at radius 3 is 2.56 bits per heavy atom. The van der Waals surface area contributed by atoms with E-state index < -0.39 is 29.0 Å². The first-order chi connectivity index (χ1) is 19.4. The summed E-state index contributed by atoms with van der Waals surface area (Å²) in [5, 5.41) is 5.28. The number of aromatic nitrogens is 1. The van der Waals surface area contributed by atoms with Gasteiger partial charge in [0, 0.05) is 48.7 Å². The SMILES string of the molecule is C=C1C=C(C(F)(F)F)C(C(=O)Nc2cc(-c3cc(OCC4CC4)ncc3F)ccc2N2C[C@@H](C)N(C)[C@@H](C)C2)=CN1. The zero-order chi connectivity index (χ0) is 29.5. The smallest absolute Gasteiger partial charge is 0.417 e. The van der Waals surface area contributed by atoms with Gasteiger partial charge in [0.15, 0.2) is 0 Å². The third-order valence-corrected chi connectivity index (χ3v) is 7.81. The van der Waals surface area contributed by atoms with Gasteiger partial charge in [-0.05, 0) is 63.4 Å². The van der Waals surface area contributed by atoms with E-state index in [0.29, 0.717) is 36.9 Å². The highest BCUT2D eigenvalue weighted by Gasteiger charge is 2.40. The normalized spacial score (nSPS) is 21.6. The Labute approximate surface area is 236 Å². The number of halogens is 4. The number of carbonyl (C=O) groups excluding carboxylic acids is 1. The van der Waals surface area contributed by atoms with Crippen molar-refractivity contribution in [3.8, 4) is 17.0 Å². The van der Waals surface area contributed by atoms with Crippen LogP contribution in [0.2, 0.25) is 0 Å². The molecule has 2 fully saturated rings. The van der Waals surface area contributed by atoms with E-state index in [9.17, 15) is 22.4 Å². The maximum absolute atomic E-state index is 15.0. The molecule has 0 bridgehead atoms. The number of hydrogen-bond donors (Lipinski definition) is 2. The molecule has 1 saturated heterocycles. The molecule has 1 amide bonds. The van der Waals surface area contributed by atoms with Crippen LogP contribution in [0.25, 0.3) is 11.1 Å². The number of nitrogens with zero attached hydrogens (tertiary/aromatic N) is 3. The number of nitrogens with one attached hydrogen (secondary N) is 2. The molecule has 1 aliphatic carbocycles. The Balaban J connectivity index is 1.51. The second-order valence-corrected chi connectivity index (χ2v) is 11.0. The molecule has 0 spiro atoms. The number of ether oxygens (including phenoxy) is 1. The summed E-state index contributed by atoms with van der Waals surface area (Å²) in [5.41, 5.74) is -0.141. The number of allylic oxidation sites excluding steroid dienone is 1. The lowest BCUT2D eigenvalue weighted by Crippen LogP contribution is -2.55. The number of piperazine rings is 1. The first-order valence-corrected chi connectivity index (χ1v) is 13.6. The summed E-state index contributed by atoms with van der Waals surface area (Å²) in [4.78, 5) is 21.7. The monoisotopic (exact) mass is 571 g/mol. The van der Waals surface area contributed by atoms with E-state index in [1.165, 1.54) is 6.07 Å². The van der Waals surface area contributed by atoms with E-state index in [1.807, 2.05) is 7.05 Å². The van der Waals surface area contributed by atoms with Crippen LogP contribution in [0.1, 0.15) is 26.7 Å². The lowest BCUT2D eigenvalue weighted by Gasteiger charge is -2.44. The van der Waals surface area contributed by atoms with Crippen molar-refractivity contribution in [2.45, 2.75) is 44.9 Å². The van der Waals surface area contributed by atoms with Gasteiger partial charge >= 0.3 is 6.18 Å². The summed E-state index contributed by atoms with van der Waals surface area (Å²) in [7, 11) is 2.04. The number of likely N-dealkylation sites (N-methyl/N-ethyl adjacent to an activating group) is 1. The van der Waals surface area contributed by atoms with E-state index in [1.54, 1.807) is 18.2 Å². The van der Waals surface area contributed by atoms with Crippen LogP contribution in [0, 0.1) is 11.7 Å². The van der Waals surface area contributed by atoms with Gasteiger partial charge in [-0.1, -0.05) is 12.6 Å². The van der Waals surface area contributed by atoms with E-state index in [0.717, 1.165) is 31.3 Å². The van der Waals surface area contributed by atoms with Crippen LogP contribution in [0.4, 0.5) is 28.9 Å². The number of amides is 1. The highest BCUT2D eigenvalue weighted by atomic mass is 19.4. The summed E-state index contributed by atoms with van der Waals surface area (Å²) >= 11 is 0. The first-order valence-electron chi connectivity index (χ1n) is 13.6. The predicted octanol–water partition coefficient (Wildman–Crippen LogP) is 5.63. The summed E-state index contributed by atoms with van der Waals surface area (Å²) in [6, 6.07) is 6.94. The van der Waals surface area contributed by atoms with Crippen molar-refractivity contribution >= 4 is 17.3 Å². The Morgan fingerprint density at radius 1 is 1.20 bits per heavy atom. The molecule has 2 aliphatic heterocycles. The topological polar surface area (TPSA) is 69.7 Å². The molecule has 1 saturated carbocycles. The van der Waals surface area contributed by atoms with Gasteiger partial charge in [-0.2, -0.15) is 13.2 Å². The molecule has 0 radical (unpaired) electrons. The van der Waals surface area contributed by atoms with Gasteiger partial charge in [0.1, 0.15) is 5.82 Å². The fourth-order valence-electron chi connectivity index (χ4n) is 5.04. The van der Waals surface area contributed by atoms with Gasteiger partial charge in [0.25, 0.3) is 5.91 Å². The summed E-state index contributed by atoms with van der Waals surface area (Å²) in [6.45, 7) is 9.43. The molecule has 7 nitrogen and oxygen atoms in total. The fourth-order valence-corrected chi connectivity index (χ4v) is 5.04. The molecule has 2 atom stereocenters. The van der Waals surface area contributed by atoms with Crippen LogP contribution in [0.5, 0.6) is 5.88 Å². The van der Waals surface area contributed by atoms with Gasteiger partial charge in [-0.3, -0.25) is 9.69 Å². The molecule has 2 aromatic rings. The molecular weight excluding hydrogens is 538 g/mol. The summed E-state index contributed by atoms with van der Waals surface area (Å²) < 4.78 is 62.2. The van der Waals surface area contributed by atoms with E-state index in [4.69, 9.17) is 4.74 Å². The van der Waals surface area contributed by atoms with Crippen LogP contribution < -0.4 is 20.3 Å². The number of hydrogen-bond acceptors (Lipinski definition) is 6. The number of pyridine rings is 1. The zero-order valence-electron chi connectivity index (χ0n) is 23.2. The van der Waals surface area contributed by atoms with Crippen molar-refractivity contribution in [3.63, 3.8) is 0 Å². The third kappa shape index (κ3) is 6.40. The summed E-state index contributed by atoms with van der Waals surface area (Å²) in [6.07, 6.45) is 0.292. The van der Waals surface area contributed by atoms with E-state index in [-0.39, 0.29) is 34.9 Å². The first kappa shape index (κ1) is 28.7. The molecule has 1 aromatic carbocycles. The highest BCUT2D eigenvalue weighted by molar-refractivity contribution is 6.09. The quantitative estimate of drug-likeness (QED) is 0.420. The molecule has 5 rings (SSSR count). The van der Waals surface area contributed by atoms with Crippen LogP contribution in [0.3, 0.4) is 0 Å². The van der Waals surface area contributed by atoms with Crippen molar-refractivity contribution in [3.05, 3.63) is 72.0 Å². The number of rotatable bonds is 7. The Kier molecular flexibility index (Phi) is 7.83. The standard InChI is InChI=1S/C30H33F4N5O2/c1-17-9-24(30(32,33)34)23(12-35-17)29(40)37-26-10-21(7-8-27(26)39-14-18(2)38(4)19(3)15-39)22-11-28(36-13-25(22)31)41-16-20-5-6-20/h7-13,18-20,35H,1,5-6,14-16H2,2-4H3,(H,37,40)/t18-,19+. The molecular formula is C30H33F4N5O2. The average molecular weight is 572 g/mol. The number of carbonyl (C=O) groups is 1. The van der Waals surface area contributed by atoms with Gasteiger partial charge in [0.2, 0.25) is 5.88 Å². The third-order valence-electron chi connectivity index (χ3n) is 7.81. The molecule has 11 heteroatoms. The van der Waals surface area contributed by atoms with Crippen LogP contribution in [0.15, 0.2) is 66.2 Å². The Morgan fingerprint density at radius 2 is 1.90 bits per heavy atom. The van der Waals surface area contributed by atoms with Gasteiger partial charge in [-0.25, -0.2) is 9.37 Å². The number of benzene rings is 1. The van der Waals surface area contributed by atoms with Crippen molar-refractivity contribution in [1.82, 2.24) is 15.2 Å². The van der Waals surface area contributed by atoms with Gasteiger partial charge in [0.05, 0.1) is 35.3 Å². The van der Waals surface area contributed by atoms with Gasteiger partial charge < -0.3 is 20.3 Å². The fraction of sp³-hybridized carbons (Fsp3) is 0.400. The number of anilines is 2. The van der Waals surface area contributed by atoms with Crippen molar-refractivity contribution in [1.29, 1.82) is 0 Å². The van der Waals surface area contributed by atoms with Crippen molar-refractivity contribution in [2.24, 2.45) is 5.92 Å². The summed E-state index contributed by atoms with van der Waals surface area (Å²) in [5.74, 6) is -0.777. The maximum atomic E-state index is 15.0. The predicted molar refractivity (Wildman–Crippen MR) is 150 cm³/mol. The second kappa shape index (κ2) is 11.2. The van der Waals surface area contributed by atoms with Crippen LogP contribution >= 0.6 is 0 Å². The van der Waals surface area contributed by atoms with Crippen molar-refractivity contribution < 1.29 is 27.1 Å². The van der Waals surface area contributed by atoms with Crippen molar-refractivity contribution in [2.75, 3.05) is 37.0 Å². The molecule has 41 heavy (non-hydrogen) atoms. The van der Waals surface area contributed by atoms with Gasteiger partial charge in [-0.15, -0.1) is 0 Å². The minimum absolute atomic E-state index is 0.0184. The lowest BCUT2D eigenvalue weighted by molar-refractivity contribution is -0.115. The molecule has 0 unspecified atom stereocenters. The minimum atomic E-state index is -4.77. The molecule has 3 aliphatic rings. The maximum Gasteiger partial charge on any atom is 0.417 e. The molecule has 1 aromatic heterocycles. The van der Waals surface area contributed by atoms with E-state index in [2.05, 4.69) is 45.8 Å².